The third-order valence-corrected chi connectivity index (χ3v) is 0.936. The minimum absolute atomic E-state index is 0. The smallest absolute Gasteiger partial charge is 0.150 e. The van der Waals surface area contributed by atoms with Gasteiger partial charge in [-0.2, -0.15) is 0 Å². The van der Waals surface area contributed by atoms with Crippen molar-refractivity contribution in [1.29, 1.82) is 0 Å². The third-order valence-electron chi connectivity index (χ3n) is 0.936. The van der Waals surface area contributed by atoms with Crippen LogP contribution in [0.3, 0.4) is 0 Å². The van der Waals surface area contributed by atoms with Gasteiger partial charge in [-0.1, -0.05) is 37.8 Å². The predicted octanol–water partition coefficient (Wildman–Crippen LogP) is 1.74. The van der Waals surface area contributed by atoms with Crippen molar-refractivity contribution in [2.24, 2.45) is 0 Å². The molecule has 62 valence electrons. The maximum Gasteiger partial charge on any atom is 0.150 e. The van der Waals surface area contributed by atoms with Gasteiger partial charge in [0.1, 0.15) is 6.29 Å². The van der Waals surface area contributed by atoms with Gasteiger partial charge in [-0.05, 0) is 0 Å². The van der Waals surface area contributed by atoms with E-state index in [1.165, 1.54) is 0 Å². The summed E-state index contributed by atoms with van der Waals surface area (Å²) in [6, 6.07) is 9.10. The van der Waals surface area contributed by atoms with Gasteiger partial charge in [-0.25, -0.2) is 0 Å². The SMILES string of the molecule is C.CO.O=Cc1ccccc1. The highest BCUT2D eigenvalue weighted by molar-refractivity contribution is 5.74. The van der Waals surface area contributed by atoms with Gasteiger partial charge in [0.25, 0.3) is 0 Å². The van der Waals surface area contributed by atoms with Gasteiger partial charge in [0.2, 0.25) is 0 Å². The van der Waals surface area contributed by atoms with E-state index in [2.05, 4.69) is 0 Å². The number of carbonyl (C=O) groups excluding carboxylic acids is 1. The predicted molar refractivity (Wildman–Crippen MR) is 46.7 cm³/mol. The first-order chi connectivity index (χ1) is 4.93. The van der Waals surface area contributed by atoms with E-state index in [1.807, 2.05) is 18.2 Å². The molecule has 0 radical (unpaired) electrons. The Bertz CT molecular complexity index is 170. The summed E-state index contributed by atoms with van der Waals surface area (Å²) >= 11 is 0. The molecular weight excluding hydrogens is 140 g/mol. The Kier molecular flexibility index (Phi) is 10.1. The number of hydrogen-bond donors (Lipinski definition) is 1. The first kappa shape index (κ1) is 12.5. The van der Waals surface area contributed by atoms with Crippen molar-refractivity contribution in [3.8, 4) is 0 Å². The summed E-state index contributed by atoms with van der Waals surface area (Å²) in [5, 5.41) is 7.00. The van der Waals surface area contributed by atoms with Crippen LogP contribution in [0.25, 0.3) is 0 Å². The molecule has 0 saturated carbocycles. The molecule has 0 unspecified atom stereocenters. The quantitative estimate of drug-likeness (QED) is 0.625. The van der Waals surface area contributed by atoms with Crippen molar-refractivity contribution >= 4 is 6.29 Å². The maximum absolute atomic E-state index is 10.0. The third kappa shape index (κ3) is 5.30. The molecule has 1 aromatic carbocycles. The molecule has 0 aliphatic rings. The van der Waals surface area contributed by atoms with Gasteiger partial charge in [0.05, 0.1) is 0 Å². The molecule has 0 heterocycles. The molecule has 0 bridgehead atoms. The largest absolute Gasteiger partial charge is 0.400 e. The number of carbonyl (C=O) groups is 1. The fourth-order valence-electron chi connectivity index (χ4n) is 0.532. The van der Waals surface area contributed by atoms with Crippen molar-refractivity contribution in [3.63, 3.8) is 0 Å². The molecule has 0 spiro atoms. The van der Waals surface area contributed by atoms with E-state index in [0.29, 0.717) is 0 Å². The van der Waals surface area contributed by atoms with E-state index < -0.39 is 0 Å². The Balaban J connectivity index is 0. The van der Waals surface area contributed by atoms with Gasteiger partial charge >= 0.3 is 0 Å². The van der Waals surface area contributed by atoms with Gasteiger partial charge in [-0.15, -0.1) is 0 Å². The fourth-order valence-corrected chi connectivity index (χ4v) is 0.532. The number of hydrogen-bond acceptors (Lipinski definition) is 2. The molecule has 0 atom stereocenters. The molecule has 2 heteroatoms. The summed E-state index contributed by atoms with van der Waals surface area (Å²) in [6.07, 6.45) is 0.833. The number of benzene rings is 1. The summed E-state index contributed by atoms with van der Waals surface area (Å²) in [4.78, 5) is 10.0. The zero-order valence-electron chi connectivity index (χ0n) is 5.82. The molecule has 1 rings (SSSR count). The molecule has 0 aliphatic carbocycles. The van der Waals surface area contributed by atoms with Crippen LogP contribution >= 0.6 is 0 Å². The van der Waals surface area contributed by atoms with Crippen LogP contribution in [-0.2, 0) is 0 Å². The standard InChI is InChI=1S/C7H6O.CH4O.CH4/c8-6-7-4-2-1-3-5-7;1-2;/h1-6H;2H,1H3;1H4. The van der Waals surface area contributed by atoms with Crippen LogP contribution in [0.4, 0.5) is 0 Å². The molecule has 0 amide bonds. The lowest BCUT2D eigenvalue weighted by Gasteiger charge is -1.81. The Morgan fingerprint density at radius 1 is 1.18 bits per heavy atom. The van der Waals surface area contributed by atoms with Crippen molar-refractivity contribution in [2.45, 2.75) is 7.43 Å². The van der Waals surface area contributed by atoms with Crippen molar-refractivity contribution in [3.05, 3.63) is 35.9 Å². The number of rotatable bonds is 1. The van der Waals surface area contributed by atoms with Crippen LogP contribution in [0.15, 0.2) is 30.3 Å². The summed E-state index contributed by atoms with van der Waals surface area (Å²) in [6.45, 7) is 0. The maximum atomic E-state index is 10.0. The summed E-state index contributed by atoms with van der Waals surface area (Å²) in [7, 11) is 1.00. The second-order valence-corrected chi connectivity index (χ2v) is 1.53. The van der Waals surface area contributed by atoms with E-state index in [1.54, 1.807) is 12.1 Å². The van der Waals surface area contributed by atoms with Crippen molar-refractivity contribution in [1.82, 2.24) is 0 Å². The molecular formula is C9H14O2. The minimum Gasteiger partial charge on any atom is -0.400 e. The van der Waals surface area contributed by atoms with Crippen molar-refractivity contribution in [2.75, 3.05) is 7.11 Å². The molecule has 11 heavy (non-hydrogen) atoms. The highest BCUT2D eigenvalue weighted by Crippen LogP contribution is 1.91. The molecule has 0 aliphatic heterocycles. The fraction of sp³-hybridized carbons (Fsp3) is 0.222. The first-order valence-corrected chi connectivity index (χ1v) is 2.88. The lowest BCUT2D eigenvalue weighted by Crippen LogP contribution is -1.73. The molecule has 1 N–H and O–H groups in total. The van der Waals surface area contributed by atoms with Crippen LogP contribution in [0, 0.1) is 0 Å². The van der Waals surface area contributed by atoms with E-state index >= 15 is 0 Å². The average Bonchev–Trinajstić information content (AvgIpc) is 2.10. The summed E-state index contributed by atoms with van der Waals surface area (Å²) in [5.41, 5.74) is 0.729. The normalized spacial score (nSPS) is 6.73. The monoisotopic (exact) mass is 154 g/mol. The summed E-state index contributed by atoms with van der Waals surface area (Å²) in [5.74, 6) is 0. The lowest BCUT2D eigenvalue weighted by atomic mass is 10.2. The van der Waals surface area contributed by atoms with Gasteiger partial charge < -0.3 is 5.11 Å². The van der Waals surface area contributed by atoms with Crippen LogP contribution in [0.5, 0.6) is 0 Å². The average molecular weight is 154 g/mol. The van der Waals surface area contributed by atoms with E-state index in [4.69, 9.17) is 5.11 Å². The first-order valence-electron chi connectivity index (χ1n) is 2.88. The van der Waals surface area contributed by atoms with E-state index in [0.717, 1.165) is 19.0 Å². The van der Waals surface area contributed by atoms with Gasteiger partial charge in [-0.3, -0.25) is 4.79 Å². The Hall–Kier alpha value is -1.15. The van der Waals surface area contributed by atoms with E-state index in [-0.39, 0.29) is 7.43 Å². The Labute approximate surface area is 67.5 Å². The molecule has 0 fully saturated rings. The zero-order chi connectivity index (χ0) is 7.82. The number of aliphatic hydroxyl groups excluding tert-OH is 1. The highest BCUT2D eigenvalue weighted by atomic mass is 16.2. The Morgan fingerprint density at radius 2 is 1.64 bits per heavy atom. The summed E-state index contributed by atoms with van der Waals surface area (Å²) < 4.78 is 0. The van der Waals surface area contributed by atoms with Crippen LogP contribution in [0.1, 0.15) is 17.8 Å². The molecule has 2 nitrogen and oxygen atoms in total. The highest BCUT2D eigenvalue weighted by Gasteiger charge is 1.79. The zero-order valence-corrected chi connectivity index (χ0v) is 5.82. The van der Waals surface area contributed by atoms with Crippen LogP contribution in [0.2, 0.25) is 0 Å². The van der Waals surface area contributed by atoms with Crippen molar-refractivity contribution < 1.29 is 9.90 Å². The lowest BCUT2D eigenvalue weighted by molar-refractivity contribution is 0.112. The molecule has 1 aromatic rings. The van der Waals surface area contributed by atoms with E-state index in [9.17, 15) is 4.79 Å². The number of aldehydes is 1. The second kappa shape index (κ2) is 8.85. The topological polar surface area (TPSA) is 37.3 Å². The molecule has 0 aromatic heterocycles. The van der Waals surface area contributed by atoms with Gasteiger partial charge in [0.15, 0.2) is 0 Å². The van der Waals surface area contributed by atoms with Crippen LogP contribution in [-0.4, -0.2) is 18.5 Å². The van der Waals surface area contributed by atoms with Gasteiger partial charge in [0, 0.05) is 12.7 Å². The molecule has 0 saturated heterocycles. The second-order valence-electron chi connectivity index (χ2n) is 1.53. The Morgan fingerprint density at radius 3 is 1.91 bits per heavy atom. The minimum atomic E-state index is 0. The van der Waals surface area contributed by atoms with Crippen LogP contribution < -0.4 is 0 Å². The number of aliphatic hydroxyl groups is 1.